The van der Waals surface area contributed by atoms with Crippen LogP contribution < -0.4 is 0 Å². The number of hydrogen-bond donors (Lipinski definition) is 1. The molecule has 1 aromatic heterocycles. The summed E-state index contributed by atoms with van der Waals surface area (Å²) >= 11 is 5.95. The van der Waals surface area contributed by atoms with Crippen molar-refractivity contribution in [2.75, 3.05) is 25.6 Å². The van der Waals surface area contributed by atoms with Crippen LogP contribution in [0.1, 0.15) is 30.5 Å². The summed E-state index contributed by atoms with van der Waals surface area (Å²) in [5, 5.41) is 3.24. The highest BCUT2D eigenvalue weighted by Crippen LogP contribution is 2.37. The van der Waals surface area contributed by atoms with E-state index in [1.807, 2.05) is 6.92 Å². The van der Waals surface area contributed by atoms with Crippen molar-refractivity contribution in [2.45, 2.75) is 31.8 Å². The minimum Gasteiger partial charge on any atom is -0.381 e. The van der Waals surface area contributed by atoms with Crippen molar-refractivity contribution in [1.29, 1.82) is 0 Å². The highest BCUT2D eigenvalue weighted by molar-refractivity contribution is 7.80. The van der Waals surface area contributed by atoms with Crippen molar-refractivity contribution in [3.63, 3.8) is 0 Å². The van der Waals surface area contributed by atoms with E-state index >= 15 is 0 Å². The Balaban J connectivity index is 2.18. The zero-order valence-electron chi connectivity index (χ0n) is 10.1. The van der Waals surface area contributed by atoms with Gasteiger partial charge in [0.05, 0.1) is 5.69 Å². The van der Waals surface area contributed by atoms with E-state index in [0.717, 1.165) is 55.5 Å². The standard InChI is InChI=1S/C12H19NO2S2/c1-2-15-12(4-6-14-7-5-12)11-13-10(3-8-16)9-17-11/h9,16H,2-8H2,1H3. The van der Waals surface area contributed by atoms with Crippen LogP contribution >= 0.6 is 24.0 Å². The number of nitrogens with zero attached hydrogens (tertiary/aromatic N) is 1. The van der Waals surface area contributed by atoms with E-state index in [9.17, 15) is 0 Å². The second-order valence-corrected chi connectivity index (χ2v) is 5.46. The van der Waals surface area contributed by atoms with E-state index in [2.05, 4.69) is 18.0 Å². The Morgan fingerprint density at radius 3 is 2.94 bits per heavy atom. The maximum absolute atomic E-state index is 6.00. The molecule has 0 radical (unpaired) electrons. The highest BCUT2D eigenvalue weighted by Gasteiger charge is 2.37. The van der Waals surface area contributed by atoms with E-state index in [1.165, 1.54) is 0 Å². The quantitative estimate of drug-likeness (QED) is 0.837. The Morgan fingerprint density at radius 2 is 2.29 bits per heavy atom. The molecule has 1 fully saturated rings. The number of aryl methyl sites for hydroxylation is 1. The van der Waals surface area contributed by atoms with E-state index < -0.39 is 0 Å². The zero-order chi connectivity index (χ0) is 12.1. The maximum Gasteiger partial charge on any atom is 0.125 e. The molecule has 3 nitrogen and oxygen atoms in total. The van der Waals surface area contributed by atoms with Crippen molar-refractivity contribution in [1.82, 2.24) is 4.98 Å². The van der Waals surface area contributed by atoms with Gasteiger partial charge in [-0.2, -0.15) is 12.6 Å². The number of rotatable bonds is 5. The third kappa shape index (κ3) is 3.02. The van der Waals surface area contributed by atoms with Crippen LogP contribution in [-0.2, 0) is 21.5 Å². The molecule has 0 atom stereocenters. The molecule has 1 aromatic rings. The summed E-state index contributed by atoms with van der Waals surface area (Å²) in [5.41, 5.74) is 0.928. The second kappa shape index (κ2) is 6.18. The molecule has 2 rings (SSSR count). The first-order chi connectivity index (χ1) is 8.30. The summed E-state index contributed by atoms with van der Waals surface area (Å²) in [6.07, 6.45) is 2.75. The van der Waals surface area contributed by atoms with Gasteiger partial charge in [-0.15, -0.1) is 11.3 Å². The molecule has 0 saturated carbocycles. The molecule has 0 N–H and O–H groups in total. The fourth-order valence-corrected chi connectivity index (χ4v) is 3.44. The molecule has 1 saturated heterocycles. The van der Waals surface area contributed by atoms with Crippen LogP contribution in [0.2, 0.25) is 0 Å². The number of aromatic nitrogens is 1. The van der Waals surface area contributed by atoms with Crippen molar-refractivity contribution in [2.24, 2.45) is 0 Å². The van der Waals surface area contributed by atoms with Crippen LogP contribution in [0.4, 0.5) is 0 Å². The van der Waals surface area contributed by atoms with Crippen LogP contribution in [0.5, 0.6) is 0 Å². The molecular formula is C12H19NO2S2. The van der Waals surface area contributed by atoms with Gasteiger partial charge in [0, 0.05) is 38.0 Å². The Kier molecular flexibility index (Phi) is 4.85. The fourth-order valence-electron chi connectivity index (χ4n) is 2.14. The molecule has 0 bridgehead atoms. The van der Waals surface area contributed by atoms with Gasteiger partial charge in [0.1, 0.15) is 10.6 Å². The monoisotopic (exact) mass is 273 g/mol. The van der Waals surface area contributed by atoms with Gasteiger partial charge in [-0.3, -0.25) is 0 Å². The van der Waals surface area contributed by atoms with Crippen LogP contribution in [-0.4, -0.2) is 30.6 Å². The maximum atomic E-state index is 6.00. The van der Waals surface area contributed by atoms with Crippen LogP contribution in [0, 0.1) is 0 Å². The fraction of sp³-hybridized carbons (Fsp3) is 0.750. The predicted molar refractivity (Wildman–Crippen MR) is 73.0 cm³/mol. The first kappa shape index (κ1) is 13.3. The average Bonchev–Trinajstić information content (AvgIpc) is 2.80. The Morgan fingerprint density at radius 1 is 1.53 bits per heavy atom. The molecule has 5 heteroatoms. The number of thiazole rings is 1. The molecule has 1 aliphatic heterocycles. The lowest BCUT2D eigenvalue weighted by atomic mass is 9.95. The molecule has 17 heavy (non-hydrogen) atoms. The summed E-state index contributed by atoms with van der Waals surface area (Å²) in [6.45, 7) is 4.30. The molecule has 0 spiro atoms. The van der Waals surface area contributed by atoms with Gasteiger partial charge in [0.2, 0.25) is 0 Å². The smallest absolute Gasteiger partial charge is 0.125 e. The summed E-state index contributed by atoms with van der Waals surface area (Å²) in [5.74, 6) is 0.841. The number of ether oxygens (including phenoxy) is 2. The average molecular weight is 273 g/mol. The Hall–Kier alpha value is -0.100. The van der Waals surface area contributed by atoms with Gasteiger partial charge < -0.3 is 9.47 Å². The van der Waals surface area contributed by atoms with Gasteiger partial charge in [-0.05, 0) is 19.1 Å². The van der Waals surface area contributed by atoms with Crippen molar-refractivity contribution in [3.8, 4) is 0 Å². The van der Waals surface area contributed by atoms with Gasteiger partial charge in [0.15, 0.2) is 0 Å². The lowest BCUT2D eigenvalue weighted by Crippen LogP contribution is -2.36. The zero-order valence-corrected chi connectivity index (χ0v) is 11.9. The Bertz CT molecular complexity index is 343. The predicted octanol–water partition coefficient (Wildman–Crippen LogP) is 2.66. The lowest BCUT2D eigenvalue weighted by molar-refractivity contribution is -0.112. The first-order valence-electron chi connectivity index (χ1n) is 6.08. The molecule has 1 aliphatic rings. The van der Waals surface area contributed by atoms with Crippen LogP contribution in [0.15, 0.2) is 5.38 Å². The molecule has 96 valence electrons. The van der Waals surface area contributed by atoms with E-state index in [-0.39, 0.29) is 5.60 Å². The summed E-state index contributed by atoms with van der Waals surface area (Å²) in [7, 11) is 0. The first-order valence-corrected chi connectivity index (χ1v) is 7.59. The van der Waals surface area contributed by atoms with Gasteiger partial charge in [-0.1, -0.05) is 0 Å². The van der Waals surface area contributed by atoms with Gasteiger partial charge >= 0.3 is 0 Å². The molecule has 0 aromatic carbocycles. The van der Waals surface area contributed by atoms with Crippen LogP contribution in [0.3, 0.4) is 0 Å². The number of thiol groups is 1. The van der Waals surface area contributed by atoms with Crippen molar-refractivity contribution in [3.05, 3.63) is 16.1 Å². The van der Waals surface area contributed by atoms with E-state index in [0.29, 0.717) is 0 Å². The summed E-state index contributed by atoms with van der Waals surface area (Å²) in [6, 6.07) is 0. The highest BCUT2D eigenvalue weighted by atomic mass is 32.1. The van der Waals surface area contributed by atoms with Crippen molar-refractivity contribution < 1.29 is 9.47 Å². The Labute approximate surface area is 112 Å². The third-order valence-electron chi connectivity index (χ3n) is 3.03. The van der Waals surface area contributed by atoms with E-state index in [4.69, 9.17) is 14.5 Å². The van der Waals surface area contributed by atoms with E-state index in [1.54, 1.807) is 11.3 Å². The van der Waals surface area contributed by atoms with Crippen molar-refractivity contribution >= 4 is 24.0 Å². The molecule has 0 aliphatic carbocycles. The molecule has 0 unspecified atom stereocenters. The lowest BCUT2D eigenvalue weighted by Gasteiger charge is -2.35. The molecule has 2 heterocycles. The molecule has 0 amide bonds. The van der Waals surface area contributed by atoms with Gasteiger partial charge in [0.25, 0.3) is 0 Å². The minimum atomic E-state index is -0.202. The normalized spacial score (nSPS) is 19.4. The number of hydrogen-bond acceptors (Lipinski definition) is 5. The minimum absolute atomic E-state index is 0.202. The third-order valence-corrected chi connectivity index (χ3v) is 4.33. The van der Waals surface area contributed by atoms with Crippen LogP contribution in [0.25, 0.3) is 0 Å². The largest absolute Gasteiger partial charge is 0.381 e. The molecular weight excluding hydrogens is 254 g/mol. The topological polar surface area (TPSA) is 31.4 Å². The summed E-state index contributed by atoms with van der Waals surface area (Å²) < 4.78 is 11.4. The van der Waals surface area contributed by atoms with Gasteiger partial charge in [-0.25, -0.2) is 4.98 Å². The SMILES string of the molecule is CCOC1(c2nc(CCS)cs2)CCOCC1. The second-order valence-electron chi connectivity index (χ2n) is 4.16. The summed E-state index contributed by atoms with van der Waals surface area (Å²) in [4.78, 5) is 4.70.